The molecule has 0 heterocycles. The lowest BCUT2D eigenvalue weighted by atomic mass is 10.1. The van der Waals surface area contributed by atoms with Gasteiger partial charge in [-0.3, -0.25) is 9.59 Å². The van der Waals surface area contributed by atoms with Crippen molar-refractivity contribution < 1.29 is 19.1 Å². The van der Waals surface area contributed by atoms with Crippen LogP contribution >= 0.6 is 0 Å². The average Bonchev–Trinajstić information content (AvgIpc) is 2.60. The molecule has 6 nitrogen and oxygen atoms in total. The summed E-state index contributed by atoms with van der Waals surface area (Å²) >= 11 is 0. The molecule has 0 saturated heterocycles. The first-order valence-electron chi connectivity index (χ1n) is 10.2. The number of rotatable bonds is 12. The highest BCUT2D eigenvalue weighted by atomic mass is 16.5. The third-order valence-electron chi connectivity index (χ3n) is 4.07. The predicted molar refractivity (Wildman–Crippen MR) is 111 cm³/mol. The number of methoxy groups -OCH3 is 1. The zero-order chi connectivity index (χ0) is 21.1. The zero-order valence-corrected chi connectivity index (χ0v) is 18.1. The van der Waals surface area contributed by atoms with E-state index in [-0.39, 0.29) is 23.7 Å². The SMILES string of the molecule is CCCCOc1ccc(C(NC(=O)CC(C)C)NC(=O)CC(C)C)cc1OC. The molecule has 28 heavy (non-hydrogen) atoms. The molecule has 0 aromatic heterocycles. The van der Waals surface area contributed by atoms with Gasteiger partial charge in [0.2, 0.25) is 11.8 Å². The molecule has 0 aliphatic rings. The largest absolute Gasteiger partial charge is 0.493 e. The van der Waals surface area contributed by atoms with E-state index in [1.807, 2.05) is 39.8 Å². The minimum Gasteiger partial charge on any atom is -0.493 e. The molecule has 0 atom stereocenters. The summed E-state index contributed by atoms with van der Waals surface area (Å²) in [4.78, 5) is 24.6. The summed E-state index contributed by atoms with van der Waals surface area (Å²) in [7, 11) is 1.58. The predicted octanol–water partition coefficient (Wildman–Crippen LogP) is 4.20. The van der Waals surface area contributed by atoms with Crippen molar-refractivity contribution in [2.45, 2.75) is 66.5 Å². The van der Waals surface area contributed by atoms with Gasteiger partial charge in [-0.2, -0.15) is 0 Å². The molecular formula is C22H36N2O4. The molecule has 1 aromatic rings. The Kier molecular flexibility index (Phi) is 10.4. The van der Waals surface area contributed by atoms with E-state index in [0.717, 1.165) is 18.4 Å². The fourth-order valence-corrected chi connectivity index (χ4v) is 2.69. The minimum atomic E-state index is -0.615. The molecule has 2 N–H and O–H groups in total. The lowest BCUT2D eigenvalue weighted by Crippen LogP contribution is -2.41. The van der Waals surface area contributed by atoms with E-state index in [0.29, 0.717) is 30.9 Å². The van der Waals surface area contributed by atoms with Gasteiger partial charge in [0, 0.05) is 12.8 Å². The van der Waals surface area contributed by atoms with Gasteiger partial charge >= 0.3 is 0 Å². The summed E-state index contributed by atoms with van der Waals surface area (Å²) in [6, 6.07) is 5.47. The van der Waals surface area contributed by atoms with Gasteiger partial charge in [-0.25, -0.2) is 0 Å². The first kappa shape index (κ1) is 23.8. The Morgan fingerprint density at radius 2 is 1.54 bits per heavy atom. The van der Waals surface area contributed by atoms with Crippen molar-refractivity contribution in [1.82, 2.24) is 10.6 Å². The van der Waals surface area contributed by atoms with Crippen molar-refractivity contribution in [2.75, 3.05) is 13.7 Å². The molecule has 0 aliphatic carbocycles. The van der Waals surface area contributed by atoms with E-state index < -0.39 is 6.17 Å². The monoisotopic (exact) mass is 392 g/mol. The smallest absolute Gasteiger partial charge is 0.222 e. The van der Waals surface area contributed by atoms with Crippen LogP contribution in [0.1, 0.15) is 72.0 Å². The van der Waals surface area contributed by atoms with Gasteiger partial charge in [0.05, 0.1) is 13.7 Å². The molecule has 158 valence electrons. The van der Waals surface area contributed by atoms with Gasteiger partial charge in [-0.05, 0) is 36.0 Å². The third kappa shape index (κ3) is 8.63. The molecule has 0 spiro atoms. The number of nitrogens with one attached hydrogen (secondary N) is 2. The lowest BCUT2D eigenvalue weighted by Gasteiger charge is -2.23. The second kappa shape index (κ2) is 12.3. The van der Waals surface area contributed by atoms with Gasteiger partial charge < -0.3 is 20.1 Å². The summed E-state index contributed by atoms with van der Waals surface area (Å²) in [5.74, 6) is 1.49. The Morgan fingerprint density at radius 3 is 2.00 bits per heavy atom. The molecule has 0 radical (unpaired) electrons. The quantitative estimate of drug-likeness (QED) is 0.413. The number of ether oxygens (including phenoxy) is 2. The van der Waals surface area contributed by atoms with E-state index in [1.54, 1.807) is 13.2 Å². The highest BCUT2D eigenvalue weighted by Crippen LogP contribution is 2.30. The molecule has 6 heteroatoms. The molecular weight excluding hydrogens is 356 g/mol. The molecule has 0 fully saturated rings. The van der Waals surface area contributed by atoms with Crippen LogP contribution in [0.25, 0.3) is 0 Å². The standard InChI is InChI=1S/C22H36N2O4/c1-7-8-11-28-18-10-9-17(14-19(18)27-6)22(23-20(25)12-15(2)3)24-21(26)13-16(4)5/h9-10,14-16,22H,7-8,11-13H2,1-6H3,(H,23,25)(H,24,26). The molecule has 0 aliphatic heterocycles. The summed E-state index contributed by atoms with van der Waals surface area (Å²) in [6.07, 6.45) is 2.18. The number of carbonyl (C=O) groups excluding carboxylic acids is 2. The van der Waals surface area contributed by atoms with Crippen molar-refractivity contribution in [3.05, 3.63) is 23.8 Å². The first-order valence-corrected chi connectivity index (χ1v) is 10.2. The molecule has 2 amide bonds. The zero-order valence-electron chi connectivity index (χ0n) is 18.1. The Balaban J connectivity index is 3.03. The number of hydrogen-bond acceptors (Lipinski definition) is 4. The van der Waals surface area contributed by atoms with Crippen LogP contribution in [-0.2, 0) is 9.59 Å². The Bertz CT molecular complexity index is 605. The van der Waals surface area contributed by atoms with Crippen molar-refractivity contribution in [1.29, 1.82) is 0 Å². The van der Waals surface area contributed by atoms with Gasteiger partial charge in [0.25, 0.3) is 0 Å². The maximum absolute atomic E-state index is 12.3. The lowest BCUT2D eigenvalue weighted by molar-refractivity contribution is -0.125. The van der Waals surface area contributed by atoms with Crippen LogP contribution < -0.4 is 20.1 Å². The maximum Gasteiger partial charge on any atom is 0.222 e. The molecule has 1 aromatic carbocycles. The van der Waals surface area contributed by atoms with Gasteiger partial charge in [-0.15, -0.1) is 0 Å². The van der Waals surface area contributed by atoms with Crippen molar-refractivity contribution in [3.8, 4) is 11.5 Å². The summed E-state index contributed by atoms with van der Waals surface area (Å²) < 4.78 is 11.2. The number of unbranched alkanes of at least 4 members (excludes halogenated alkanes) is 1. The van der Waals surface area contributed by atoms with Gasteiger partial charge in [0.15, 0.2) is 11.5 Å². The van der Waals surface area contributed by atoms with Crippen LogP contribution in [0.5, 0.6) is 11.5 Å². The van der Waals surface area contributed by atoms with E-state index in [2.05, 4.69) is 17.6 Å². The van der Waals surface area contributed by atoms with Crippen LogP contribution in [0.4, 0.5) is 0 Å². The second-order valence-corrected chi connectivity index (χ2v) is 7.88. The van der Waals surface area contributed by atoms with Crippen molar-refractivity contribution in [3.63, 3.8) is 0 Å². The molecule has 1 rings (SSSR count). The minimum absolute atomic E-state index is 0.105. The number of hydrogen-bond donors (Lipinski definition) is 2. The summed E-state index contributed by atoms with van der Waals surface area (Å²) in [5.41, 5.74) is 0.744. The van der Waals surface area contributed by atoms with E-state index >= 15 is 0 Å². The van der Waals surface area contributed by atoms with Crippen LogP contribution in [-0.4, -0.2) is 25.5 Å². The van der Waals surface area contributed by atoms with E-state index in [9.17, 15) is 9.59 Å². The molecule has 0 unspecified atom stereocenters. The number of carbonyl (C=O) groups is 2. The number of amides is 2. The van der Waals surface area contributed by atoms with Gasteiger partial charge in [-0.1, -0.05) is 47.1 Å². The molecule has 0 bridgehead atoms. The van der Waals surface area contributed by atoms with Crippen molar-refractivity contribution >= 4 is 11.8 Å². The summed E-state index contributed by atoms with van der Waals surface area (Å²) in [5, 5.41) is 5.85. The highest BCUT2D eigenvalue weighted by molar-refractivity contribution is 5.79. The fraction of sp³-hybridized carbons (Fsp3) is 0.636. The maximum atomic E-state index is 12.3. The Hall–Kier alpha value is -2.24. The van der Waals surface area contributed by atoms with Crippen LogP contribution in [0.15, 0.2) is 18.2 Å². The molecule has 0 saturated carbocycles. The fourth-order valence-electron chi connectivity index (χ4n) is 2.69. The van der Waals surface area contributed by atoms with Crippen LogP contribution in [0.3, 0.4) is 0 Å². The topological polar surface area (TPSA) is 76.7 Å². The van der Waals surface area contributed by atoms with Crippen LogP contribution in [0.2, 0.25) is 0 Å². The first-order chi connectivity index (χ1) is 13.3. The van der Waals surface area contributed by atoms with Crippen molar-refractivity contribution in [2.24, 2.45) is 11.8 Å². The van der Waals surface area contributed by atoms with Gasteiger partial charge in [0.1, 0.15) is 6.17 Å². The van der Waals surface area contributed by atoms with Crippen LogP contribution in [0, 0.1) is 11.8 Å². The number of benzene rings is 1. The van der Waals surface area contributed by atoms with E-state index in [4.69, 9.17) is 9.47 Å². The Morgan fingerprint density at radius 1 is 0.964 bits per heavy atom. The Labute approximate surface area is 169 Å². The normalized spacial score (nSPS) is 11.0. The second-order valence-electron chi connectivity index (χ2n) is 7.88. The highest BCUT2D eigenvalue weighted by Gasteiger charge is 2.20. The average molecular weight is 393 g/mol. The summed E-state index contributed by atoms with van der Waals surface area (Å²) in [6.45, 7) is 10.7. The van der Waals surface area contributed by atoms with E-state index in [1.165, 1.54) is 0 Å². The third-order valence-corrected chi connectivity index (χ3v) is 4.07.